The van der Waals surface area contributed by atoms with Gasteiger partial charge in [0.05, 0.1) is 24.0 Å². The Morgan fingerprint density at radius 3 is 2.88 bits per heavy atom. The van der Waals surface area contributed by atoms with Crippen molar-refractivity contribution in [3.8, 4) is 5.69 Å². The second-order valence-corrected chi connectivity index (χ2v) is 6.08. The summed E-state index contributed by atoms with van der Waals surface area (Å²) >= 11 is 6.23. The minimum Gasteiger partial charge on any atom is -0.345 e. The molecule has 0 radical (unpaired) electrons. The van der Waals surface area contributed by atoms with E-state index < -0.39 is 0 Å². The first-order chi connectivity index (χ1) is 11.5. The van der Waals surface area contributed by atoms with Gasteiger partial charge in [0.25, 0.3) is 0 Å². The van der Waals surface area contributed by atoms with Crippen molar-refractivity contribution in [1.82, 2.24) is 19.7 Å². The normalized spacial score (nSPS) is 16.9. The van der Waals surface area contributed by atoms with Crippen LogP contribution >= 0.6 is 11.6 Å². The summed E-state index contributed by atoms with van der Waals surface area (Å²) in [5.74, 6) is -0.350. The number of likely N-dealkylation sites (tertiary alicyclic amines) is 1. The number of carbonyl (C=O) groups is 2. The molecule has 0 aromatic carbocycles. The van der Waals surface area contributed by atoms with Crippen LogP contribution in [0.25, 0.3) is 5.69 Å². The number of aromatic nitrogens is 3. The van der Waals surface area contributed by atoms with Crippen molar-refractivity contribution >= 4 is 29.1 Å². The van der Waals surface area contributed by atoms with Gasteiger partial charge in [-0.25, -0.2) is 4.68 Å². The standard InChI is InChI=1S/C16H18ClN5O2/c1-3-21(14(23)7-11-9-20(2)16(11)24)13-10-22(19-15(13)17)12-5-4-6-18-8-12/h4-6,8,10-11H,3,7,9H2,1-2H3. The van der Waals surface area contributed by atoms with Crippen LogP contribution in [0.2, 0.25) is 5.15 Å². The van der Waals surface area contributed by atoms with Gasteiger partial charge in [-0.05, 0) is 19.1 Å². The number of pyridine rings is 1. The lowest BCUT2D eigenvalue weighted by Gasteiger charge is -2.35. The van der Waals surface area contributed by atoms with E-state index in [1.165, 1.54) is 0 Å². The van der Waals surface area contributed by atoms with E-state index in [0.717, 1.165) is 5.69 Å². The number of rotatable bonds is 5. The topological polar surface area (TPSA) is 71.3 Å². The summed E-state index contributed by atoms with van der Waals surface area (Å²) in [6.45, 7) is 2.93. The highest BCUT2D eigenvalue weighted by Gasteiger charge is 2.36. The number of nitrogens with zero attached hydrogens (tertiary/aromatic N) is 5. The molecule has 3 rings (SSSR count). The maximum atomic E-state index is 12.6. The molecule has 0 N–H and O–H groups in total. The molecule has 1 fully saturated rings. The van der Waals surface area contributed by atoms with Crippen LogP contribution in [0.4, 0.5) is 5.69 Å². The molecule has 0 saturated carbocycles. The highest BCUT2D eigenvalue weighted by atomic mass is 35.5. The van der Waals surface area contributed by atoms with Crippen LogP contribution in [0.5, 0.6) is 0 Å². The number of halogens is 1. The van der Waals surface area contributed by atoms with Crippen LogP contribution < -0.4 is 4.90 Å². The van der Waals surface area contributed by atoms with Crippen LogP contribution in [-0.4, -0.2) is 51.6 Å². The Kier molecular flexibility index (Phi) is 4.53. The molecule has 126 valence electrons. The molecule has 24 heavy (non-hydrogen) atoms. The fourth-order valence-electron chi connectivity index (χ4n) is 2.80. The first-order valence-corrected chi connectivity index (χ1v) is 8.10. The molecule has 1 unspecified atom stereocenters. The lowest BCUT2D eigenvalue weighted by Crippen LogP contribution is -2.51. The maximum Gasteiger partial charge on any atom is 0.227 e. The van der Waals surface area contributed by atoms with Gasteiger partial charge in [0, 0.05) is 32.8 Å². The van der Waals surface area contributed by atoms with Crippen LogP contribution in [0.1, 0.15) is 13.3 Å². The molecule has 1 aliphatic rings. The molecule has 2 amide bonds. The van der Waals surface area contributed by atoms with E-state index in [1.54, 1.807) is 46.2 Å². The molecule has 1 saturated heterocycles. The fraction of sp³-hybridized carbons (Fsp3) is 0.375. The fourth-order valence-corrected chi connectivity index (χ4v) is 3.03. The molecule has 2 aromatic heterocycles. The van der Waals surface area contributed by atoms with Gasteiger partial charge in [0.15, 0.2) is 5.15 Å². The van der Waals surface area contributed by atoms with Crippen LogP contribution in [-0.2, 0) is 9.59 Å². The van der Waals surface area contributed by atoms with E-state index in [4.69, 9.17) is 11.6 Å². The van der Waals surface area contributed by atoms with Crippen molar-refractivity contribution < 1.29 is 9.59 Å². The van der Waals surface area contributed by atoms with Gasteiger partial charge in [-0.2, -0.15) is 5.10 Å². The number of hydrogen-bond donors (Lipinski definition) is 0. The Hall–Kier alpha value is -2.41. The average molecular weight is 348 g/mol. The summed E-state index contributed by atoms with van der Waals surface area (Å²) in [5, 5.41) is 4.49. The number of anilines is 1. The highest BCUT2D eigenvalue weighted by molar-refractivity contribution is 6.32. The van der Waals surface area contributed by atoms with Crippen molar-refractivity contribution in [2.75, 3.05) is 25.0 Å². The molecular formula is C16H18ClN5O2. The zero-order valence-corrected chi connectivity index (χ0v) is 14.3. The van der Waals surface area contributed by atoms with Crippen LogP contribution in [0, 0.1) is 5.92 Å². The Labute approximate surface area is 144 Å². The van der Waals surface area contributed by atoms with E-state index >= 15 is 0 Å². The quantitative estimate of drug-likeness (QED) is 0.772. The third-order valence-corrected chi connectivity index (χ3v) is 4.38. The molecule has 1 aliphatic heterocycles. The van der Waals surface area contributed by atoms with Crippen LogP contribution in [0.15, 0.2) is 30.7 Å². The van der Waals surface area contributed by atoms with Gasteiger partial charge < -0.3 is 9.80 Å². The highest BCUT2D eigenvalue weighted by Crippen LogP contribution is 2.28. The largest absolute Gasteiger partial charge is 0.345 e. The van der Waals surface area contributed by atoms with Crippen molar-refractivity contribution in [1.29, 1.82) is 0 Å². The van der Waals surface area contributed by atoms with Gasteiger partial charge >= 0.3 is 0 Å². The molecule has 7 nitrogen and oxygen atoms in total. The van der Waals surface area contributed by atoms with Crippen molar-refractivity contribution in [3.63, 3.8) is 0 Å². The predicted molar refractivity (Wildman–Crippen MR) is 90.1 cm³/mol. The SMILES string of the molecule is CCN(C(=O)CC1CN(C)C1=O)c1cn(-c2cccnc2)nc1Cl. The van der Waals surface area contributed by atoms with Gasteiger partial charge in [0.1, 0.15) is 5.69 Å². The molecule has 0 bridgehead atoms. The summed E-state index contributed by atoms with van der Waals surface area (Å²) in [4.78, 5) is 31.5. The Morgan fingerprint density at radius 2 is 2.29 bits per heavy atom. The third kappa shape index (κ3) is 2.99. The summed E-state index contributed by atoms with van der Waals surface area (Å²) < 4.78 is 1.59. The third-order valence-electron chi connectivity index (χ3n) is 4.11. The first-order valence-electron chi connectivity index (χ1n) is 7.72. The summed E-state index contributed by atoms with van der Waals surface area (Å²) in [7, 11) is 1.73. The zero-order valence-electron chi connectivity index (χ0n) is 13.5. The molecular weight excluding hydrogens is 330 g/mol. The van der Waals surface area contributed by atoms with Crippen molar-refractivity contribution in [2.24, 2.45) is 5.92 Å². The number of β-lactam (4-membered cyclic amide) rings is 1. The molecule has 1 atom stereocenters. The van der Waals surface area contributed by atoms with Gasteiger partial charge in [-0.1, -0.05) is 11.6 Å². The number of amides is 2. The first kappa shape index (κ1) is 16.4. The van der Waals surface area contributed by atoms with E-state index in [0.29, 0.717) is 18.8 Å². The Bertz CT molecular complexity index is 761. The molecule has 3 heterocycles. The van der Waals surface area contributed by atoms with Crippen LogP contribution in [0.3, 0.4) is 0 Å². The minimum atomic E-state index is -0.233. The second-order valence-electron chi connectivity index (χ2n) is 5.72. The second kappa shape index (κ2) is 6.60. The zero-order chi connectivity index (χ0) is 17.3. The predicted octanol–water partition coefficient (Wildman–Crippen LogP) is 1.75. The lowest BCUT2D eigenvalue weighted by atomic mass is 9.95. The summed E-state index contributed by atoms with van der Waals surface area (Å²) in [5.41, 5.74) is 1.29. The smallest absolute Gasteiger partial charge is 0.227 e. The van der Waals surface area contributed by atoms with Gasteiger partial charge in [-0.3, -0.25) is 14.6 Å². The molecule has 0 spiro atoms. The maximum absolute atomic E-state index is 12.6. The van der Waals surface area contributed by atoms with E-state index in [1.807, 2.05) is 13.0 Å². The van der Waals surface area contributed by atoms with E-state index in [-0.39, 0.29) is 29.3 Å². The summed E-state index contributed by atoms with van der Waals surface area (Å²) in [6.07, 6.45) is 5.22. The Balaban J connectivity index is 1.79. The summed E-state index contributed by atoms with van der Waals surface area (Å²) in [6, 6.07) is 3.65. The lowest BCUT2D eigenvalue weighted by molar-refractivity contribution is -0.147. The monoisotopic (exact) mass is 347 g/mol. The van der Waals surface area contributed by atoms with Gasteiger partial charge in [-0.15, -0.1) is 0 Å². The number of hydrogen-bond acceptors (Lipinski definition) is 4. The molecule has 8 heteroatoms. The Morgan fingerprint density at radius 1 is 1.50 bits per heavy atom. The number of carbonyl (C=O) groups excluding carboxylic acids is 2. The van der Waals surface area contributed by atoms with Crippen molar-refractivity contribution in [2.45, 2.75) is 13.3 Å². The van der Waals surface area contributed by atoms with Gasteiger partial charge in [0.2, 0.25) is 11.8 Å². The van der Waals surface area contributed by atoms with E-state index in [9.17, 15) is 9.59 Å². The molecule has 2 aromatic rings. The minimum absolute atomic E-state index is 0.0107. The molecule has 0 aliphatic carbocycles. The average Bonchev–Trinajstić information content (AvgIpc) is 2.97. The van der Waals surface area contributed by atoms with Crippen molar-refractivity contribution in [3.05, 3.63) is 35.9 Å². The van der Waals surface area contributed by atoms with E-state index in [2.05, 4.69) is 10.1 Å².